The monoisotopic (exact) mass is 392 g/mol. The topological polar surface area (TPSA) is 70.0 Å². The summed E-state index contributed by atoms with van der Waals surface area (Å²) in [5, 5.41) is 8.88. The van der Waals surface area contributed by atoms with E-state index in [-0.39, 0.29) is 0 Å². The summed E-state index contributed by atoms with van der Waals surface area (Å²) in [5.74, 6) is 2.36. The highest BCUT2D eigenvalue weighted by Gasteiger charge is 2.37. The van der Waals surface area contributed by atoms with E-state index in [1.54, 1.807) is 6.20 Å². The Labute approximate surface area is 167 Å². The third-order valence-electron chi connectivity index (χ3n) is 6.32. The SMILES string of the molecule is Clc1c(-c2c[nH]c3ccccc23)nc(NC2C[C@H]3CNC[C@H]3C2)c2nccn12. The number of aromatic nitrogens is 4. The van der Waals surface area contributed by atoms with Crippen molar-refractivity contribution in [1.29, 1.82) is 0 Å². The van der Waals surface area contributed by atoms with Gasteiger partial charge in [0.05, 0.1) is 0 Å². The number of imidazole rings is 1. The maximum Gasteiger partial charge on any atom is 0.181 e. The minimum Gasteiger partial charge on any atom is -0.364 e. The zero-order valence-corrected chi connectivity index (χ0v) is 16.1. The number of benzene rings is 1. The molecule has 1 aromatic carbocycles. The quantitative estimate of drug-likeness (QED) is 0.494. The highest BCUT2D eigenvalue weighted by molar-refractivity contribution is 6.32. The third kappa shape index (κ3) is 2.45. The highest BCUT2D eigenvalue weighted by Crippen LogP contribution is 2.38. The Morgan fingerprint density at radius 2 is 1.96 bits per heavy atom. The number of halogens is 1. The Morgan fingerprint density at radius 3 is 2.82 bits per heavy atom. The van der Waals surface area contributed by atoms with Crippen molar-refractivity contribution in [3.63, 3.8) is 0 Å². The highest BCUT2D eigenvalue weighted by atomic mass is 35.5. The van der Waals surface area contributed by atoms with Crippen LogP contribution in [0.5, 0.6) is 0 Å². The summed E-state index contributed by atoms with van der Waals surface area (Å²) in [6, 6.07) is 8.65. The van der Waals surface area contributed by atoms with Crippen molar-refractivity contribution in [2.24, 2.45) is 11.8 Å². The van der Waals surface area contributed by atoms with Crippen molar-refractivity contribution in [3.05, 3.63) is 48.0 Å². The van der Waals surface area contributed by atoms with Gasteiger partial charge in [-0.2, -0.15) is 0 Å². The molecule has 2 fully saturated rings. The summed E-state index contributed by atoms with van der Waals surface area (Å²) in [7, 11) is 0. The van der Waals surface area contributed by atoms with E-state index in [1.807, 2.05) is 28.9 Å². The van der Waals surface area contributed by atoms with E-state index in [1.165, 1.54) is 12.8 Å². The average Bonchev–Trinajstić information content (AvgIpc) is 3.46. The summed E-state index contributed by atoms with van der Waals surface area (Å²) in [6.07, 6.45) is 8.02. The molecule has 1 saturated heterocycles. The second-order valence-electron chi connectivity index (χ2n) is 7.96. The molecule has 1 aliphatic heterocycles. The van der Waals surface area contributed by atoms with Crippen molar-refractivity contribution >= 4 is 34.0 Å². The Balaban J connectivity index is 1.45. The molecule has 7 heteroatoms. The number of nitrogens with zero attached hydrogens (tertiary/aromatic N) is 3. The van der Waals surface area contributed by atoms with Gasteiger partial charge in [-0.3, -0.25) is 4.40 Å². The van der Waals surface area contributed by atoms with Crippen LogP contribution in [0.1, 0.15) is 12.8 Å². The van der Waals surface area contributed by atoms with Gasteiger partial charge in [-0.25, -0.2) is 9.97 Å². The van der Waals surface area contributed by atoms with E-state index >= 15 is 0 Å². The van der Waals surface area contributed by atoms with E-state index in [4.69, 9.17) is 16.6 Å². The number of fused-ring (bicyclic) bond motifs is 3. The smallest absolute Gasteiger partial charge is 0.181 e. The summed E-state index contributed by atoms with van der Waals surface area (Å²) >= 11 is 6.75. The predicted octanol–water partition coefficient (Wildman–Crippen LogP) is 3.94. The van der Waals surface area contributed by atoms with Crippen LogP contribution in [0.25, 0.3) is 27.8 Å². The van der Waals surface area contributed by atoms with Gasteiger partial charge in [0.25, 0.3) is 0 Å². The minimum atomic E-state index is 0.432. The molecule has 4 heterocycles. The zero-order valence-electron chi connectivity index (χ0n) is 15.3. The molecule has 3 aromatic heterocycles. The Hall–Kier alpha value is -2.57. The van der Waals surface area contributed by atoms with Crippen molar-refractivity contribution < 1.29 is 0 Å². The second kappa shape index (κ2) is 6.22. The molecule has 6 nitrogen and oxygen atoms in total. The van der Waals surface area contributed by atoms with Gasteiger partial charge in [0.2, 0.25) is 0 Å². The molecule has 2 aliphatic rings. The first-order valence-electron chi connectivity index (χ1n) is 9.84. The van der Waals surface area contributed by atoms with Gasteiger partial charge in [0.1, 0.15) is 10.8 Å². The van der Waals surface area contributed by atoms with Crippen LogP contribution >= 0.6 is 11.6 Å². The van der Waals surface area contributed by atoms with Crippen molar-refractivity contribution in [1.82, 2.24) is 24.7 Å². The summed E-state index contributed by atoms with van der Waals surface area (Å²) in [6.45, 7) is 2.27. The van der Waals surface area contributed by atoms with E-state index in [9.17, 15) is 0 Å². The van der Waals surface area contributed by atoms with Crippen LogP contribution in [0, 0.1) is 11.8 Å². The molecular formula is C21H21ClN6. The molecule has 0 spiro atoms. The third-order valence-corrected chi connectivity index (χ3v) is 6.68. The number of nitrogens with one attached hydrogen (secondary N) is 3. The van der Waals surface area contributed by atoms with Crippen molar-refractivity contribution in [2.45, 2.75) is 18.9 Å². The van der Waals surface area contributed by atoms with Crippen molar-refractivity contribution in [3.8, 4) is 11.3 Å². The van der Waals surface area contributed by atoms with Crippen LogP contribution in [-0.4, -0.2) is 38.5 Å². The maximum atomic E-state index is 6.75. The zero-order chi connectivity index (χ0) is 18.7. The predicted molar refractivity (Wildman–Crippen MR) is 112 cm³/mol. The number of anilines is 1. The van der Waals surface area contributed by atoms with Crippen LogP contribution in [0.3, 0.4) is 0 Å². The first kappa shape index (κ1) is 16.4. The maximum absolute atomic E-state index is 6.75. The van der Waals surface area contributed by atoms with Crippen LogP contribution in [0.15, 0.2) is 42.9 Å². The number of H-pyrrole nitrogens is 1. The molecule has 3 N–H and O–H groups in total. The fourth-order valence-corrected chi connectivity index (χ4v) is 5.25. The first-order chi connectivity index (χ1) is 13.8. The fraction of sp³-hybridized carbons (Fsp3) is 0.333. The lowest BCUT2D eigenvalue weighted by molar-refractivity contribution is 0.494. The van der Waals surface area contributed by atoms with Crippen molar-refractivity contribution in [2.75, 3.05) is 18.4 Å². The molecular weight excluding hydrogens is 372 g/mol. The van der Waals surface area contributed by atoms with Crippen LogP contribution < -0.4 is 10.6 Å². The van der Waals surface area contributed by atoms with Gasteiger partial charge < -0.3 is 15.6 Å². The lowest BCUT2D eigenvalue weighted by Gasteiger charge is -2.17. The Morgan fingerprint density at radius 1 is 1.14 bits per heavy atom. The van der Waals surface area contributed by atoms with Crippen LogP contribution in [0.4, 0.5) is 5.82 Å². The van der Waals surface area contributed by atoms with Gasteiger partial charge >= 0.3 is 0 Å². The molecule has 6 rings (SSSR count). The normalized spacial score (nSPS) is 24.2. The second-order valence-corrected chi connectivity index (χ2v) is 8.32. The largest absolute Gasteiger partial charge is 0.364 e. The van der Waals surface area contributed by atoms with Gasteiger partial charge in [-0.05, 0) is 43.8 Å². The van der Waals surface area contributed by atoms with Crippen LogP contribution in [-0.2, 0) is 0 Å². The van der Waals surface area contributed by atoms with Crippen LogP contribution in [0.2, 0.25) is 5.15 Å². The van der Waals surface area contributed by atoms with Gasteiger partial charge in [-0.15, -0.1) is 0 Å². The Bertz CT molecular complexity index is 1170. The molecule has 1 unspecified atom stereocenters. The molecule has 1 aliphatic carbocycles. The Kier molecular flexibility index (Phi) is 3.64. The van der Waals surface area contributed by atoms with E-state index in [2.05, 4.69) is 32.7 Å². The van der Waals surface area contributed by atoms with E-state index in [0.717, 1.165) is 58.6 Å². The summed E-state index contributed by atoms with van der Waals surface area (Å²) in [5.41, 5.74) is 3.63. The fourth-order valence-electron chi connectivity index (χ4n) is 4.97. The molecule has 0 amide bonds. The lowest BCUT2D eigenvalue weighted by atomic mass is 10.0. The van der Waals surface area contributed by atoms with E-state index in [0.29, 0.717) is 11.2 Å². The summed E-state index contributed by atoms with van der Waals surface area (Å²) in [4.78, 5) is 12.8. The van der Waals surface area contributed by atoms with Gasteiger partial charge in [-0.1, -0.05) is 29.8 Å². The average molecular weight is 393 g/mol. The molecule has 0 bridgehead atoms. The molecule has 1 saturated carbocycles. The molecule has 28 heavy (non-hydrogen) atoms. The molecule has 0 radical (unpaired) electrons. The lowest BCUT2D eigenvalue weighted by Crippen LogP contribution is -2.21. The number of aromatic amines is 1. The molecule has 142 valence electrons. The number of rotatable bonds is 3. The van der Waals surface area contributed by atoms with Gasteiger partial charge in [0.15, 0.2) is 11.5 Å². The van der Waals surface area contributed by atoms with E-state index < -0.39 is 0 Å². The minimum absolute atomic E-state index is 0.432. The standard InChI is InChI=1S/C21H21ClN6/c22-19-18(16-11-25-17-4-2-1-3-15(16)17)27-20(21-24-5-6-28(19)21)26-14-7-12-9-23-10-13(12)8-14/h1-6,11-14,23,25H,7-10H2,(H,26,27)/t12-,13+,14?. The first-order valence-corrected chi connectivity index (χ1v) is 10.2. The number of hydrogen-bond donors (Lipinski definition) is 3. The summed E-state index contributed by atoms with van der Waals surface area (Å²) < 4.78 is 1.92. The number of para-hydroxylation sites is 1. The van der Waals surface area contributed by atoms with Gasteiger partial charge in [0, 0.05) is 41.1 Å². The molecule has 3 atom stereocenters. The molecule has 4 aromatic rings. The number of hydrogen-bond acceptors (Lipinski definition) is 4.